The highest BCUT2D eigenvalue weighted by Gasteiger charge is 2.17. The van der Waals surface area contributed by atoms with Crippen molar-refractivity contribution in [1.29, 1.82) is 0 Å². The average molecular weight is 424 g/mol. The summed E-state index contributed by atoms with van der Waals surface area (Å²) in [5.41, 5.74) is 2.14. The molecule has 0 radical (unpaired) electrons. The van der Waals surface area contributed by atoms with E-state index in [0.29, 0.717) is 12.2 Å². The second-order valence-corrected chi connectivity index (χ2v) is 7.92. The van der Waals surface area contributed by atoms with Crippen LogP contribution in [0.5, 0.6) is 5.75 Å². The Morgan fingerprint density at radius 2 is 1.71 bits per heavy atom. The molecule has 0 saturated carbocycles. The van der Waals surface area contributed by atoms with E-state index in [4.69, 9.17) is 4.74 Å². The minimum absolute atomic E-state index is 0.0660. The van der Waals surface area contributed by atoms with Gasteiger partial charge < -0.3 is 20.3 Å². The molecule has 0 aliphatic carbocycles. The number of hydrogen-bond donors (Lipinski definition) is 2. The van der Waals surface area contributed by atoms with E-state index in [1.54, 1.807) is 0 Å². The summed E-state index contributed by atoms with van der Waals surface area (Å²) in [7, 11) is 0. The Kier molecular flexibility index (Phi) is 8.76. The van der Waals surface area contributed by atoms with Gasteiger partial charge in [-0.1, -0.05) is 32.3 Å². The summed E-state index contributed by atoms with van der Waals surface area (Å²) < 4.78 is 5.64. The Hall–Kier alpha value is -3.02. The molecular weight excluding hydrogens is 390 g/mol. The van der Waals surface area contributed by atoms with Gasteiger partial charge in [-0.05, 0) is 61.7 Å². The summed E-state index contributed by atoms with van der Waals surface area (Å²) in [6.07, 6.45) is 6.63. The number of nitrogens with zero attached hydrogens (tertiary/aromatic N) is 1. The molecule has 166 valence electrons. The molecule has 1 saturated heterocycles. The largest absolute Gasteiger partial charge is 0.494 e. The zero-order chi connectivity index (χ0) is 21.9. The van der Waals surface area contributed by atoms with Crippen LogP contribution in [0.3, 0.4) is 0 Å². The Labute approximate surface area is 185 Å². The second kappa shape index (κ2) is 12.0. The zero-order valence-corrected chi connectivity index (χ0v) is 18.4. The van der Waals surface area contributed by atoms with Crippen LogP contribution in [0.15, 0.2) is 48.5 Å². The monoisotopic (exact) mass is 423 g/mol. The van der Waals surface area contributed by atoms with Crippen LogP contribution in [0.2, 0.25) is 0 Å². The molecule has 0 atom stereocenters. The molecule has 2 aromatic carbocycles. The molecule has 6 heteroatoms. The van der Waals surface area contributed by atoms with Crippen molar-refractivity contribution in [3.05, 3.63) is 54.1 Å². The molecule has 1 aliphatic rings. The third-order valence-electron chi connectivity index (χ3n) is 5.36. The molecule has 0 aromatic heterocycles. The van der Waals surface area contributed by atoms with Crippen molar-refractivity contribution in [3.8, 4) is 5.75 Å². The van der Waals surface area contributed by atoms with Crippen LogP contribution in [-0.4, -0.2) is 43.0 Å². The van der Waals surface area contributed by atoms with Gasteiger partial charge in [0.1, 0.15) is 5.75 Å². The van der Waals surface area contributed by atoms with Crippen molar-refractivity contribution in [2.24, 2.45) is 0 Å². The smallest absolute Gasteiger partial charge is 0.253 e. The van der Waals surface area contributed by atoms with Crippen LogP contribution in [0, 0.1) is 0 Å². The van der Waals surface area contributed by atoms with Gasteiger partial charge in [-0.3, -0.25) is 9.59 Å². The van der Waals surface area contributed by atoms with E-state index < -0.39 is 0 Å². The maximum atomic E-state index is 12.8. The minimum Gasteiger partial charge on any atom is -0.494 e. The standard InChI is InChI=1S/C25H33N3O3/c1-2-3-17-31-23-13-11-21(12-14-23)27-24(29)19-26-22-10-8-9-20(18-22)25(30)28-15-6-4-5-7-16-28/h8-14,18,26H,2-7,15-17,19H2,1H3,(H,27,29). The highest BCUT2D eigenvalue weighted by atomic mass is 16.5. The number of carbonyl (C=O) groups excluding carboxylic acids is 2. The predicted molar refractivity (Wildman–Crippen MR) is 125 cm³/mol. The number of unbranched alkanes of at least 4 members (excludes halogenated alkanes) is 1. The van der Waals surface area contributed by atoms with Crippen molar-refractivity contribution >= 4 is 23.2 Å². The van der Waals surface area contributed by atoms with Crippen molar-refractivity contribution in [2.75, 3.05) is 36.9 Å². The molecule has 3 rings (SSSR count). The van der Waals surface area contributed by atoms with E-state index in [1.807, 2.05) is 53.4 Å². The van der Waals surface area contributed by atoms with Gasteiger partial charge in [-0.25, -0.2) is 0 Å². The van der Waals surface area contributed by atoms with Crippen LogP contribution in [0.4, 0.5) is 11.4 Å². The predicted octanol–water partition coefficient (Wildman–Crippen LogP) is 4.93. The highest BCUT2D eigenvalue weighted by Crippen LogP contribution is 2.18. The average Bonchev–Trinajstić information content (AvgIpc) is 3.08. The van der Waals surface area contributed by atoms with Gasteiger partial charge in [-0.15, -0.1) is 0 Å². The van der Waals surface area contributed by atoms with Gasteiger partial charge in [0.05, 0.1) is 13.2 Å². The molecule has 1 fully saturated rings. The molecule has 2 amide bonds. The summed E-state index contributed by atoms with van der Waals surface area (Å²) in [5, 5.41) is 5.98. The van der Waals surface area contributed by atoms with E-state index in [-0.39, 0.29) is 18.4 Å². The van der Waals surface area contributed by atoms with Gasteiger partial charge in [0, 0.05) is 30.0 Å². The van der Waals surface area contributed by atoms with Crippen LogP contribution in [-0.2, 0) is 4.79 Å². The number of carbonyl (C=O) groups is 2. The summed E-state index contributed by atoms with van der Waals surface area (Å²) in [5.74, 6) is 0.718. The Morgan fingerprint density at radius 3 is 2.42 bits per heavy atom. The summed E-state index contributed by atoms with van der Waals surface area (Å²) in [4.78, 5) is 27.0. The van der Waals surface area contributed by atoms with Crippen molar-refractivity contribution in [1.82, 2.24) is 4.90 Å². The summed E-state index contributed by atoms with van der Waals surface area (Å²) in [6.45, 7) is 4.59. The maximum absolute atomic E-state index is 12.8. The molecule has 1 heterocycles. The lowest BCUT2D eigenvalue weighted by Crippen LogP contribution is -2.31. The second-order valence-electron chi connectivity index (χ2n) is 7.92. The van der Waals surface area contributed by atoms with E-state index in [9.17, 15) is 9.59 Å². The number of anilines is 2. The lowest BCUT2D eigenvalue weighted by Gasteiger charge is -2.20. The first-order valence-electron chi connectivity index (χ1n) is 11.3. The lowest BCUT2D eigenvalue weighted by atomic mass is 10.1. The van der Waals surface area contributed by atoms with Gasteiger partial charge in [-0.2, -0.15) is 0 Å². The normalized spacial score (nSPS) is 13.9. The topological polar surface area (TPSA) is 70.7 Å². The van der Waals surface area contributed by atoms with Crippen molar-refractivity contribution in [3.63, 3.8) is 0 Å². The first-order valence-corrected chi connectivity index (χ1v) is 11.3. The fourth-order valence-corrected chi connectivity index (χ4v) is 3.57. The first-order chi connectivity index (χ1) is 15.2. The Morgan fingerprint density at radius 1 is 0.968 bits per heavy atom. The van der Waals surface area contributed by atoms with E-state index in [2.05, 4.69) is 17.6 Å². The minimum atomic E-state index is -0.149. The molecule has 0 bridgehead atoms. The molecule has 2 N–H and O–H groups in total. The van der Waals surface area contributed by atoms with Crippen LogP contribution < -0.4 is 15.4 Å². The Bertz CT molecular complexity index is 843. The van der Waals surface area contributed by atoms with E-state index in [1.165, 1.54) is 12.8 Å². The molecule has 1 aliphatic heterocycles. The lowest BCUT2D eigenvalue weighted by molar-refractivity contribution is -0.114. The van der Waals surface area contributed by atoms with Gasteiger partial charge in [0.25, 0.3) is 5.91 Å². The third-order valence-corrected chi connectivity index (χ3v) is 5.36. The number of amides is 2. The third kappa shape index (κ3) is 7.31. The quantitative estimate of drug-likeness (QED) is 0.561. The molecule has 2 aromatic rings. The molecular formula is C25H33N3O3. The fourth-order valence-electron chi connectivity index (χ4n) is 3.57. The maximum Gasteiger partial charge on any atom is 0.253 e. The zero-order valence-electron chi connectivity index (χ0n) is 18.4. The SMILES string of the molecule is CCCCOc1ccc(NC(=O)CNc2cccc(C(=O)N3CCCCCC3)c2)cc1. The molecule has 31 heavy (non-hydrogen) atoms. The number of rotatable bonds is 9. The number of ether oxygens (including phenoxy) is 1. The van der Waals surface area contributed by atoms with Gasteiger partial charge in [0.2, 0.25) is 5.91 Å². The number of benzene rings is 2. The summed E-state index contributed by atoms with van der Waals surface area (Å²) in [6, 6.07) is 14.8. The molecule has 0 unspecified atom stereocenters. The number of nitrogens with one attached hydrogen (secondary N) is 2. The highest BCUT2D eigenvalue weighted by molar-refractivity contribution is 5.96. The molecule has 0 spiro atoms. The van der Waals surface area contributed by atoms with Crippen molar-refractivity contribution in [2.45, 2.75) is 45.4 Å². The van der Waals surface area contributed by atoms with Crippen LogP contribution >= 0.6 is 0 Å². The van der Waals surface area contributed by atoms with Gasteiger partial charge in [0.15, 0.2) is 0 Å². The van der Waals surface area contributed by atoms with Crippen molar-refractivity contribution < 1.29 is 14.3 Å². The van der Waals surface area contributed by atoms with E-state index >= 15 is 0 Å². The Balaban J connectivity index is 1.48. The number of likely N-dealkylation sites (tertiary alicyclic amines) is 1. The number of hydrogen-bond acceptors (Lipinski definition) is 4. The van der Waals surface area contributed by atoms with Crippen LogP contribution in [0.1, 0.15) is 55.8 Å². The van der Waals surface area contributed by atoms with Crippen LogP contribution in [0.25, 0.3) is 0 Å². The fraction of sp³-hybridized carbons (Fsp3) is 0.440. The van der Waals surface area contributed by atoms with E-state index in [0.717, 1.165) is 55.9 Å². The summed E-state index contributed by atoms with van der Waals surface area (Å²) >= 11 is 0. The first kappa shape index (κ1) is 22.7. The molecule has 6 nitrogen and oxygen atoms in total. The van der Waals surface area contributed by atoms with Gasteiger partial charge >= 0.3 is 0 Å².